The van der Waals surface area contributed by atoms with E-state index in [1.807, 2.05) is 31.2 Å². The molecule has 0 atom stereocenters. The van der Waals surface area contributed by atoms with Crippen molar-refractivity contribution in [1.82, 2.24) is 30.6 Å². The number of nitrogens with zero attached hydrogens (tertiary/aromatic N) is 3. The topological polar surface area (TPSA) is 122 Å². The monoisotopic (exact) mass is 382 g/mol. The van der Waals surface area contributed by atoms with E-state index < -0.39 is 5.91 Å². The maximum absolute atomic E-state index is 12.3. The molecule has 2 amide bonds. The zero-order valence-corrected chi connectivity index (χ0v) is 15.6. The number of nitrogens with one attached hydrogen (secondary N) is 3. The smallest absolute Gasteiger partial charge is 0.272 e. The molecule has 2 heterocycles. The zero-order chi connectivity index (χ0) is 19.9. The molecule has 0 radical (unpaired) electrons. The number of aryl methyl sites for hydroxylation is 1. The normalized spacial score (nSPS) is 10.8. The quantitative estimate of drug-likeness (QED) is 0.503. The number of carbonyl (C=O) groups is 2. The summed E-state index contributed by atoms with van der Waals surface area (Å²) in [5, 5.41) is 17.1. The Hall–Kier alpha value is -3.49. The summed E-state index contributed by atoms with van der Waals surface area (Å²) in [6.07, 6.45) is 1.74. The van der Waals surface area contributed by atoms with Gasteiger partial charge in [0.1, 0.15) is 5.69 Å². The van der Waals surface area contributed by atoms with Crippen molar-refractivity contribution in [3.8, 4) is 0 Å². The van der Waals surface area contributed by atoms with Crippen molar-refractivity contribution in [3.05, 3.63) is 58.1 Å². The second kappa shape index (κ2) is 8.94. The Bertz CT molecular complexity index is 1040. The number of carbonyl (C=O) groups excluding carboxylic acids is 2. The molecule has 28 heavy (non-hydrogen) atoms. The van der Waals surface area contributed by atoms with Crippen LogP contribution in [0.15, 0.2) is 41.2 Å². The van der Waals surface area contributed by atoms with E-state index in [2.05, 4.69) is 25.9 Å². The Kier molecular flexibility index (Phi) is 6.15. The van der Waals surface area contributed by atoms with Crippen molar-refractivity contribution in [3.63, 3.8) is 0 Å². The van der Waals surface area contributed by atoms with Gasteiger partial charge in [0, 0.05) is 31.1 Å². The minimum absolute atomic E-state index is 0.167. The van der Waals surface area contributed by atoms with Crippen LogP contribution < -0.4 is 16.2 Å². The zero-order valence-electron chi connectivity index (χ0n) is 15.6. The first kappa shape index (κ1) is 19.3. The Morgan fingerprint density at radius 1 is 1.07 bits per heavy atom. The average molecular weight is 382 g/mol. The van der Waals surface area contributed by atoms with Crippen LogP contribution in [0.2, 0.25) is 0 Å². The molecule has 0 saturated heterocycles. The highest BCUT2D eigenvalue weighted by Crippen LogP contribution is 2.14. The van der Waals surface area contributed by atoms with Gasteiger partial charge >= 0.3 is 0 Å². The van der Waals surface area contributed by atoms with Crippen LogP contribution in [0.4, 0.5) is 0 Å². The Morgan fingerprint density at radius 2 is 1.82 bits per heavy atom. The lowest BCUT2D eigenvalue weighted by molar-refractivity contribution is 0.0922. The van der Waals surface area contributed by atoms with Crippen molar-refractivity contribution in [2.45, 2.75) is 26.3 Å². The Balaban J connectivity index is 1.51. The number of hydrogen-bond acceptors (Lipinski definition) is 5. The van der Waals surface area contributed by atoms with Crippen LogP contribution in [0.5, 0.6) is 0 Å². The van der Waals surface area contributed by atoms with E-state index in [4.69, 9.17) is 0 Å². The van der Waals surface area contributed by atoms with E-state index in [-0.39, 0.29) is 30.2 Å². The molecular formula is C19H22N6O3. The van der Waals surface area contributed by atoms with Gasteiger partial charge in [0.05, 0.1) is 5.52 Å². The highest BCUT2D eigenvalue weighted by molar-refractivity contribution is 6.04. The maximum atomic E-state index is 12.3. The van der Waals surface area contributed by atoms with E-state index in [1.165, 1.54) is 16.8 Å². The summed E-state index contributed by atoms with van der Waals surface area (Å²) in [6, 6.07) is 10.1. The molecule has 9 heteroatoms. The van der Waals surface area contributed by atoms with E-state index in [0.29, 0.717) is 12.2 Å². The molecule has 146 valence electrons. The third kappa shape index (κ3) is 4.43. The number of amides is 2. The summed E-state index contributed by atoms with van der Waals surface area (Å²) in [5.41, 5.74) is 1.03. The van der Waals surface area contributed by atoms with Crippen LogP contribution in [-0.2, 0) is 6.54 Å². The van der Waals surface area contributed by atoms with Gasteiger partial charge in [-0.15, -0.1) is 0 Å². The first-order chi connectivity index (χ1) is 13.6. The molecule has 0 bridgehead atoms. The van der Waals surface area contributed by atoms with E-state index in [0.717, 1.165) is 23.7 Å². The fraction of sp³-hybridized carbons (Fsp3) is 0.316. The Labute approximate surface area is 161 Å². The molecule has 0 aliphatic carbocycles. The van der Waals surface area contributed by atoms with Crippen molar-refractivity contribution >= 4 is 22.7 Å². The Morgan fingerprint density at radius 3 is 2.61 bits per heavy atom. The summed E-state index contributed by atoms with van der Waals surface area (Å²) in [5.74, 6) is -0.720. The van der Waals surface area contributed by atoms with E-state index in [1.54, 1.807) is 0 Å². The average Bonchev–Trinajstić information content (AvgIpc) is 3.14. The number of unbranched alkanes of at least 4 members (excludes halogenated alkanes) is 1. The summed E-state index contributed by atoms with van der Waals surface area (Å²) >= 11 is 0. The molecular weight excluding hydrogens is 360 g/mol. The molecule has 0 fully saturated rings. The number of hydrogen-bond donors (Lipinski definition) is 3. The maximum Gasteiger partial charge on any atom is 0.272 e. The lowest BCUT2D eigenvalue weighted by Crippen LogP contribution is -2.36. The number of benzene rings is 1. The van der Waals surface area contributed by atoms with Crippen LogP contribution >= 0.6 is 0 Å². The van der Waals surface area contributed by atoms with Gasteiger partial charge in [-0.25, -0.2) is 4.68 Å². The lowest BCUT2D eigenvalue weighted by atomic mass is 10.2. The lowest BCUT2D eigenvalue weighted by Gasteiger charge is -2.08. The predicted octanol–water partition coefficient (Wildman–Crippen LogP) is 1.08. The van der Waals surface area contributed by atoms with Crippen LogP contribution in [-0.4, -0.2) is 44.9 Å². The van der Waals surface area contributed by atoms with Crippen LogP contribution in [0.1, 0.15) is 40.7 Å². The molecule has 2 aromatic heterocycles. The van der Waals surface area contributed by atoms with Crippen LogP contribution in [0.3, 0.4) is 0 Å². The SMILES string of the molecule is CCCCn1nc(C(=O)NCCNC(=O)c2n[nH]c3ccccc23)ccc1=O. The number of para-hydroxylation sites is 1. The standard InChI is InChI=1S/C19H22N6O3/c1-2-3-12-25-16(26)9-8-15(24-25)18(27)20-10-11-21-19(28)17-13-6-4-5-7-14(13)22-23-17/h4-9H,2-3,10-12H2,1H3,(H,20,27)(H,21,28)(H,22,23). The number of fused-ring (bicyclic) bond motifs is 1. The largest absolute Gasteiger partial charge is 0.349 e. The molecule has 3 rings (SSSR count). The number of aromatic amines is 1. The van der Waals surface area contributed by atoms with Crippen LogP contribution in [0.25, 0.3) is 10.9 Å². The second-order valence-electron chi connectivity index (χ2n) is 6.26. The van der Waals surface area contributed by atoms with Gasteiger partial charge in [0.2, 0.25) is 0 Å². The molecule has 3 aromatic rings. The summed E-state index contributed by atoms with van der Waals surface area (Å²) < 4.78 is 1.29. The first-order valence-electron chi connectivity index (χ1n) is 9.18. The van der Waals surface area contributed by atoms with E-state index in [9.17, 15) is 14.4 Å². The van der Waals surface area contributed by atoms with Gasteiger partial charge in [-0.3, -0.25) is 19.5 Å². The molecule has 0 spiro atoms. The van der Waals surface area contributed by atoms with Crippen LogP contribution in [0, 0.1) is 0 Å². The molecule has 0 saturated carbocycles. The van der Waals surface area contributed by atoms with Crippen molar-refractivity contribution in [1.29, 1.82) is 0 Å². The number of H-pyrrole nitrogens is 1. The van der Waals surface area contributed by atoms with Gasteiger partial charge < -0.3 is 10.6 Å². The third-order valence-corrected chi connectivity index (χ3v) is 4.20. The molecule has 9 nitrogen and oxygen atoms in total. The van der Waals surface area contributed by atoms with E-state index >= 15 is 0 Å². The molecule has 0 aliphatic rings. The molecule has 0 unspecified atom stereocenters. The van der Waals surface area contributed by atoms with Gasteiger partial charge in [0.15, 0.2) is 5.69 Å². The third-order valence-electron chi connectivity index (χ3n) is 4.20. The predicted molar refractivity (Wildman–Crippen MR) is 104 cm³/mol. The highest BCUT2D eigenvalue weighted by Gasteiger charge is 2.13. The van der Waals surface area contributed by atoms with Gasteiger partial charge in [-0.05, 0) is 18.6 Å². The van der Waals surface area contributed by atoms with Crippen molar-refractivity contribution < 1.29 is 9.59 Å². The number of aromatic nitrogens is 4. The van der Waals surface area contributed by atoms with Crippen molar-refractivity contribution in [2.75, 3.05) is 13.1 Å². The second-order valence-corrected chi connectivity index (χ2v) is 6.26. The highest BCUT2D eigenvalue weighted by atomic mass is 16.2. The summed E-state index contributed by atoms with van der Waals surface area (Å²) in [4.78, 5) is 36.2. The fourth-order valence-electron chi connectivity index (χ4n) is 2.70. The summed E-state index contributed by atoms with van der Waals surface area (Å²) in [6.45, 7) is 2.95. The minimum Gasteiger partial charge on any atom is -0.349 e. The fourth-order valence-corrected chi connectivity index (χ4v) is 2.70. The number of rotatable bonds is 8. The van der Waals surface area contributed by atoms with Gasteiger partial charge in [-0.1, -0.05) is 31.5 Å². The van der Waals surface area contributed by atoms with Gasteiger partial charge in [0.25, 0.3) is 17.4 Å². The molecule has 0 aliphatic heterocycles. The summed E-state index contributed by atoms with van der Waals surface area (Å²) in [7, 11) is 0. The molecule has 3 N–H and O–H groups in total. The van der Waals surface area contributed by atoms with Gasteiger partial charge in [-0.2, -0.15) is 10.2 Å². The molecule has 1 aromatic carbocycles. The minimum atomic E-state index is -0.398. The first-order valence-corrected chi connectivity index (χ1v) is 9.18. The van der Waals surface area contributed by atoms with Crippen molar-refractivity contribution in [2.24, 2.45) is 0 Å².